The SMILES string of the molecule is CO[C@H](C)COc1nccc2cc(Nc3n[nH]c4cccnc34)ccc12. The van der Waals surface area contributed by atoms with Crippen molar-refractivity contribution in [1.29, 1.82) is 0 Å². The molecule has 0 fully saturated rings. The first kappa shape index (κ1) is 16.3. The average molecular weight is 349 g/mol. The molecule has 0 saturated carbocycles. The van der Waals surface area contributed by atoms with Crippen LogP contribution in [0.5, 0.6) is 5.88 Å². The van der Waals surface area contributed by atoms with Gasteiger partial charge in [-0.25, -0.2) is 4.98 Å². The Bertz CT molecular complexity index is 1050. The second-order valence-corrected chi connectivity index (χ2v) is 6.01. The number of fused-ring (bicyclic) bond motifs is 2. The summed E-state index contributed by atoms with van der Waals surface area (Å²) in [5.41, 5.74) is 2.61. The van der Waals surface area contributed by atoms with E-state index in [0.29, 0.717) is 18.3 Å². The van der Waals surface area contributed by atoms with Crippen molar-refractivity contribution < 1.29 is 9.47 Å². The number of hydrogen-bond donors (Lipinski definition) is 2. The molecule has 7 nitrogen and oxygen atoms in total. The molecular formula is C19H19N5O2. The predicted molar refractivity (Wildman–Crippen MR) is 101 cm³/mol. The number of nitrogens with zero attached hydrogens (tertiary/aromatic N) is 3. The van der Waals surface area contributed by atoms with E-state index in [1.54, 1.807) is 19.5 Å². The number of rotatable bonds is 6. The summed E-state index contributed by atoms with van der Waals surface area (Å²) in [5.74, 6) is 1.30. The minimum absolute atomic E-state index is 0.00782. The van der Waals surface area contributed by atoms with Crippen molar-refractivity contribution in [2.45, 2.75) is 13.0 Å². The van der Waals surface area contributed by atoms with Gasteiger partial charge in [0.1, 0.15) is 12.1 Å². The van der Waals surface area contributed by atoms with Crippen LogP contribution in [0.25, 0.3) is 21.8 Å². The standard InChI is InChI=1S/C19H19N5O2/c1-12(25-2)11-26-19-15-6-5-14(10-13(15)7-9-21-19)22-18-17-16(23-24-18)4-3-8-20-17/h3-10,12H,11H2,1-2H3,(H2,22,23,24)/t12-/m1/s1. The van der Waals surface area contributed by atoms with Crippen molar-refractivity contribution in [3.63, 3.8) is 0 Å². The van der Waals surface area contributed by atoms with E-state index in [9.17, 15) is 0 Å². The fourth-order valence-corrected chi connectivity index (χ4v) is 2.68. The number of aromatic nitrogens is 4. The third-order valence-electron chi connectivity index (χ3n) is 4.17. The van der Waals surface area contributed by atoms with E-state index in [1.165, 1.54) is 0 Å². The van der Waals surface area contributed by atoms with Gasteiger partial charge in [0.25, 0.3) is 0 Å². The highest BCUT2D eigenvalue weighted by molar-refractivity contribution is 5.92. The largest absolute Gasteiger partial charge is 0.474 e. The van der Waals surface area contributed by atoms with Crippen LogP contribution in [0.3, 0.4) is 0 Å². The molecule has 0 aliphatic rings. The lowest BCUT2D eigenvalue weighted by atomic mass is 10.1. The van der Waals surface area contributed by atoms with Crippen LogP contribution in [-0.4, -0.2) is 40.0 Å². The Morgan fingerprint density at radius 2 is 2.08 bits per heavy atom. The zero-order valence-corrected chi connectivity index (χ0v) is 14.6. The van der Waals surface area contributed by atoms with Gasteiger partial charge in [0.2, 0.25) is 5.88 Å². The molecule has 4 aromatic rings. The molecule has 0 spiro atoms. The number of aromatic amines is 1. The first-order valence-corrected chi connectivity index (χ1v) is 8.35. The van der Waals surface area contributed by atoms with Gasteiger partial charge in [0.05, 0.1) is 11.6 Å². The molecule has 0 unspecified atom stereocenters. The first-order chi connectivity index (χ1) is 12.7. The molecule has 2 N–H and O–H groups in total. The Labute approximate surface area is 150 Å². The molecule has 26 heavy (non-hydrogen) atoms. The smallest absolute Gasteiger partial charge is 0.221 e. The summed E-state index contributed by atoms with van der Waals surface area (Å²) in [4.78, 5) is 8.70. The zero-order valence-electron chi connectivity index (χ0n) is 14.6. The number of H-pyrrole nitrogens is 1. The molecule has 0 aliphatic heterocycles. The van der Waals surface area contributed by atoms with Crippen molar-refractivity contribution in [1.82, 2.24) is 20.2 Å². The molecule has 7 heteroatoms. The summed E-state index contributed by atoms with van der Waals surface area (Å²) in [6.07, 6.45) is 3.50. The predicted octanol–water partition coefficient (Wildman–Crippen LogP) is 3.66. The van der Waals surface area contributed by atoms with Crippen molar-refractivity contribution in [2.75, 3.05) is 19.0 Å². The summed E-state index contributed by atoms with van der Waals surface area (Å²) in [7, 11) is 1.66. The maximum absolute atomic E-state index is 5.79. The van der Waals surface area contributed by atoms with Gasteiger partial charge in [-0.3, -0.25) is 10.1 Å². The van der Waals surface area contributed by atoms with Crippen LogP contribution in [0, 0.1) is 0 Å². The quantitative estimate of drug-likeness (QED) is 0.552. The van der Waals surface area contributed by atoms with Gasteiger partial charge < -0.3 is 14.8 Å². The van der Waals surface area contributed by atoms with Crippen LogP contribution >= 0.6 is 0 Å². The van der Waals surface area contributed by atoms with Gasteiger partial charge in [0.15, 0.2) is 5.82 Å². The summed E-state index contributed by atoms with van der Waals surface area (Å²) < 4.78 is 11.0. The maximum Gasteiger partial charge on any atom is 0.221 e. The van der Waals surface area contributed by atoms with E-state index < -0.39 is 0 Å². The van der Waals surface area contributed by atoms with Gasteiger partial charge in [-0.05, 0) is 48.7 Å². The van der Waals surface area contributed by atoms with E-state index in [4.69, 9.17) is 9.47 Å². The minimum atomic E-state index is 0.00782. The number of benzene rings is 1. The lowest BCUT2D eigenvalue weighted by molar-refractivity contribution is 0.0706. The van der Waals surface area contributed by atoms with Gasteiger partial charge in [0, 0.05) is 30.6 Å². The van der Waals surface area contributed by atoms with Crippen molar-refractivity contribution in [3.05, 3.63) is 48.8 Å². The molecule has 0 aliphatic carbocycles. The molecule has 132 valence electrons. The van der Waals surface area contributed by atoms with E-state index in [2.05, 4.69) is 25.5 Å². The number of pyridine rings is 2. The Kier molecular flexibility index (Phi) is 4.37. The molecular weight excluding hydrogens is 330 g/mol. The molecule has 3 heterocycles. The Morgan fingerprint density at radius 3 is 2.96 bits per heavy atom. The van der Waals surface area contributed by atoms with Gasteiger partial charge in [-0.1, -0.05) is 0 Å². The summed E-state index contributed by atoms with van der Waals surface area (Å²) in [5, 5.41) is 12.6. The molecule has 0 saturated heterocycles. The zero-order chi connectivity index (χ0) is 17.9. The monoisotopic (exact) mass is 349 g/mol. The normalized spacial score (nSPS) is 12.4. The molecule has 3 aromatic heterocycles. The number of nitrogens with one attached hydrogen (secondary N) is 2. The fourth-order valence-electron chi connectivity index (χ4n) is 2.68. The van der Waals surface area contributed by atoms with Gasteiger partial charge >= 0.3 is 0 Å². The molecule has 0 bridgehead atoms. The van der Waals surface area contributed by atoms with Crippen molar-refractivity contribution in [3.8, 4) is 5.88 Å². The fraction of sp³-hybridized carbons (Fsp3) is 0.211. The second kappa shape index (κ2) is 6.97. The lowest BCUT2D eigenvalue weighted by Gasteiger charge is -2.13. The van der Waals surface area contributed by atoms with Crippen LogP contribution < -0.4 is 10.1 Å². The highest BCUT2D eigenvalue weighted by Crippen LogP contribution is 2.28. The Balaban J connectivity index is 1.61. The van der Waals surface area contributed by atoms with Crippen LogP contribution in [0.2, 0.25) is 0 Å². The van der Waals surface area contributed by atoms with Gasteiger partial charge in [-0.2, -0.15) is 5.10 Å². The van der Waals surface area contributed by atoms with E-state index in [1.807, 2.05) is 43.3 Å². The third kappa shape index (κ3) is 3.16. The minimum Gasteiger partial charge on any atom is -0.474 e. The molecule has 4 rings (SSSR count). The second-order valence-electron chi connectivity index (χ2n) is 6.01. The number of hydrogen-bond acceptors (Lipinski definition) is 6. The van der Waals surface area contributed by atoms with Crippen molar-refractivity contribution >= 4 is 33.3 Å². The highest BCUT2D eigenvalue weighted by Gasteiger charge is 2.09. The number of ether oxygens (including phenoxy) is 2. The summed E-state index contributed by atoms with van der Waals surface area (Å²) in [6.45, 7) is 2.41. The van der Waals surface area contributed by atoms with E-state index >= 15 is 0 Å². The average Bonchev–Trinajstić information content (AvgIpc) is 3.08. The third-order valence-corrected chi connectivity index (χ3v) is 4.17. The van der Waals surface area contributed by atoms with E-state index in [0.717, 1.165) is 27.5 Å². The molecule has 1 aromatic carbocycles. The summed E-state index contributed by atoms with van der Waals surface area (Å²) in [6, 6.07) is 11.8. The molecule has 0 radical (unpaired) electrons. The highest BCUT2D eigenvalue weighted by atomic mass is 16.5. The lowest BCUT2D eigenvalue weighted by Crippen LogP contribution is -2.16. The van der Waals surface area contributed by atoms with Crippen LogP contribution in [0.1, 0.15) is 6.92 Å². The Morgan fingerprint density at radius 1 is 1.15 bits per heavy atom. The Hall–Kier alpha value is -3.19. The molecule has 0 amide bonds. The van der Waals surface area contributed by atoms with Crippen LogP contribution in [0.15, 0.2) is 48.8 Å². The van der Waals surface area contributed by atoms with E-state index in [-0.39, 0.29) is 6.10 Å². The van der Waals surface area contributed by atoms with Crippen LogP contribution in [-0.2, 0) is 4.74 Å². The van der Waals surface area contributed by atoms with Crippen LogP contribution in [0.4, 0.5) is 11.5 Å². The number of methoxy groups -OCH3 is 1. The maximum atomic E-state index is 5.79. The van der Waals surface area contributed by atoms with Crippen molar-refractivity contribution in [2.24, 2.45) is 0 Å². The number of anilines is 2. The topological polar surface area (TPSA) is 85.0 Å². The first-order valence-electron chi connectivity index (χ1n) is 8.35. The summed E-state index contributed by atoms with van der Waals surface area (Å²) >= 11 is 0. The molecule has 1 atom stereocenters. The van der Waals surface area contributed by atoms with Gasteiger partial charge in [-0.15, -0.1) is 0 Å².